The van der Waals surface area contributed by atoms with Gasteiger partial charge in [-0.2, -0.15) is 0 Å². The summed E-state index contributed by atoms with van der Waals surface area (Å²) in [5.74, 6) is -0.444. The molecule has 1 amide bonds. The van der Waals surface area contributed by atoms with Crippen LogP contribution in [0.4, 0.5) is 0 Å². The van der Waals surface area contributed by atoms with Crippen molar-refractivity contribution in [3.63, 3.8) is 0 Å². The van der Waals surface area contributed by atoms with Gasteiger partial charge in [0.25, 0.3) is 0 Å². The van der Waals surface area contributed by atoms with E-state index in [0.29, 0.717) is 6.42 Å². The van der Waals surface area contributed by atoms with E-state index in [1.54, 1.807) is 6.29 Å². The molecule has 0 bridgehead atoms. The third kappa shape index (κ3) is 4.96. The van der Waals surface area contributed by atoms with Crippen LogP contribution in [0.25, 0.3) is 0 Å². The molecular formula is C5H9N2O2. The molecule has 1 unspecified atom stereocenters. The number of nitrogens with two attached hydrogens (primary N) is 2. The number of carbonyl (C=O) groups excluding carboxylic acids is 2. The van der Waals surface area contributed by atoms with Gasteiger partial charge in [-0.05, 0) is 6.42 Å². The standard InChI is InChI=1S/C5H9N2O2/c6-4(3-8)1-2-5(7)9/h4H,1-2,6H2,(H2,7,9). The zero-order valence-corrected chi connectivity index (χ0v) is 4.96. The Hall–Kier alpha value is -0.900. The molecular weight excluding hydrogens is 120 g/mol. The van der Waals surface area contributed by atoms with E-state index in [2.05, 4.69) is 0 Å². The maximum atomic E-state index is 10.1. The first-order valence-electron chi connectivity index (χ1n) is 2.58. The lowest BCUT2D eigenvalue weighted by Crippen LogP contribution is -2.24. The molecule has 0 aliphatic heterocycles. The molecule has 0 aromatic carbocycles. The molecule has 0 saturated heterocycles. The van der Waals surface area contributed by atoms with Crippen molar-refractivity contribution in [3.8, 4) is 0 Å². The second-order valence-electron chi connectivity index (χ2n) is 1.73. The number of hydrogen-bond acceptors (Lipinski definition) is 3. The zero-order chi connectivity index (χ0) is 7.28. The monoisotopic (exact) mass is 129 g/mol. The van der Waals surface area contributed by atoms with E-state index in [4.69, 9.17) is 11.5 Å². The second-order valence-corrected chi connectivity index (χ2v) is 1.73. The second kappa shape index (κ2) is 4.03. The molecule has 0 aliphatic carbocycles. The summed E-state index contributed by atoms with van der Waals surface area (Å²) in [6, 6.07) is -0.669. The number of primary amides is 1. The van der Waals surface area contributed by atoms with Crippen LogP contribution in [-0.2, 0) is 9.59 Å². The predicted octanol–water partition coefficient (Wildman–Crippen LogP) is -1.31. The van der Waals surface area contributed by atoms with Crippen LogP contribution in [0.5, 0.6) is 0 Å². The molecule has 0 spiro atoms. The minimum absolute atomic E-state index is 0.149. The molecule has 0 fully saturated rings. The van der Waals surface area contributed by atoms with Crippen molar-refractivity contribution in [1.82, 2.24) is 0 Å². The molecule has 1 radical (unpaired) electrons. The summed E-state index contributed by atoms with van der Waals surface area (Å²) in [5, 5.41) is 0. The van der Waals surface area contributed by atoms with Gasteiger partial charge in [0.05, 0.1) is 6.04 Å². The highest BCUT2D eigenvalue weighted by Crippen LogP contribution is 1.88. The molecule has 0 aliphatic rings. The normalized spacial score (nSPS) is 12.6. The van der Waals surface area contributed by atoms with Crippen LogP contribution in [0.1, 0.15) is 12.8 Å². The molecule has 9 heavy (non-hydrogen) atoms. The van der Waals surface area contributed by atoms with Gasteiger partial charge in [0, 0.05) is 6.42 Å². The van der Waals surface area contributed by atoms with Crippen LogP contribution >= 0.6 is 0 Å². The minimum Gasteiger partial charge on any atom is -0.370 e. The van der Waals surface area contributed by atoms with Gasteiger partial charge in [-0.3, -0.25) is 9.59 Å². The van der Waals surface area contributed by atoms with E-state index < -0.39 is 11.9 Å². The molecule has 4 heteroatoms. The number of amides is 1. The molecule has 4 nitrogen and oxygen atoms in total. The summed E-state index contributed by atoms with van der Waals surface area (Å²) in [7, 11) is 0. The third-order valence-electron chi connectivity index (χ3n) is 0.853. The Morgan fingerprint density at radius 3 is 2.56 bits per heavy atom. The molecule has 0 aromatic rings. The Labute approximate surface area is 53.2 Å². The highest BCUT2D eigenvalue weighted by molar-refractivity contribution is 5.74. The Morgan fingerprint density at radius 1 is 1.67 bits per heavy atom. The van der Waals surface area contributed by atoms with E-state index in [0.717, 1.165) is 0 Å². The van der Waals surface area contributed by atoms with Gasteiger partial charge < -0.3 is 11.5 Å². The molecule has 0 heterocycles. The molecule has 51 valence electrons. The highest BCUT2D eigenvalue weighted by atomic mass is 16.1. The minimum atomic E-state index is -0.669. The van der Waals surface area contributed by atoms with Crippen molar-refractivity contribution in [2.75, 3.05) is 0 Å². The van der Waals surface area contributed by atoms with Crippen LogP contribution in [0.3, 0.4) is 0 Å². The summed E-state index contributed by atoms with van der Waals surface area (Å²) in [4.78, 5) is 19.8. The highest BCUT2D eigenvalue weighted by Gasteiger charge is 2.02. The van der Waals surface area contributed by atoms with Gasteiger partial charge in [0.1, 0.15) is 0 Å². The Morgan fingerprint density at radius 2 is 2.22 bits per heavy atom. The fourth-order valence-electron chi connectivity index (χ4n) is 0.357. The molecule has 0 aromatic heterocycles. The summed E-state index contributed by atoms with van der Waals surface area (Å²) in [6.45, 7) is 0. The quantitative estimate of drug-likeness (QED) is 0.494. The van der Waals surface area contributed by atoms with Gasteiger partial charge >= 0.3 is 0 Å². The van der Waals surface area contributed by atoms with E-state index in [1.165, 1.54) is 0 Å². The molecule has 1 atom stereocenters. The fourth-order valence-corrected chi connectivity index (χ4v) is 0.357. The van der Waals surface area contributed by atoms with Crippen LogP contribution in [0.2, 0.25) is 0 Å². The van der Waals surface area contributed by atoms with E-state index in [-0.39, 0.29) is 6.42 Å². The van der Waals surface area contributed by atoms with Crippen LogP contribution < -0.4 is 11.5 Å². The van der Waals surface area contributed by atoms with Gasteiger partial charge in [0.2, 0.25) is 12.2 Å². The Balaban J connectivity index is 3.26. The summed E-state index contributed by atoms with van der Waals surface area (Å²) >= 11 is 0. The largest absolute Gasteiger partial charge is 0.370 e. The zero-order valence-electron chi connectivity index (χ0n) is 4.96. The summed E-state index contributed by atoms with van der Waals surface area (Å²) in [5.41, 5.74) is 9.86. The first-order valence-corrected chi connectivity index (χ1v) is 2.58. The maximum Gasteiger partial charge on any atom is 0.217 e. The average Bonchev–Trinajstić information content (AvgIpc) is 1.83. The first kappa shape index (κ1) is 8.10. The summed E-state index contributed by atoms with van der Waals surface area (Å²) < 4.78 is 0. The average molecular weight is 129 g/mol. The summed E-state index contributed by atoms with van der Waals surface area (Å²) in [6.07, 6.45) is 1.98. The van der Waals surface area contributed by atoms with Crippen LogP contribution in [-0.4, -0.2) is 18.2 Å². The van der Waals surface area contributed by atoms with E-state index in [1.807, 2.05) is 0 Å². The number of rotatable bonds is 4. The van der Waals surface area contributed by atoms with Gasteiger partial charge in [0.15, 0.2) is 0 Å². The molecule has 4 N–H and O–H groups in total. The fraction of sp³-hybridized carbons (Fsp3) is 0.600. The predicted molar refractivity (Wildman–Crippen MR) is 32.1 cm³/mol. The van der Waals surface area contributed by atoms with Gasteiger partial charge in [-0.1, -0.05) is 0 Å². The lowest BCUT2D eigenvalue weighted by Gasteiger charge is -1.97. The lowest BCUT2D eigenvalue weighted by molar-refractivity contribution is -0.118. The van der Waals surface area contributed by atoms with E-state index in [9.17, 15) is 9.59 Å². The SMILES string of the molecule is NC(=O)CCC(N)[C]=O. The van der Waals surface area contributed by atoms with Crippen molar-refractivity contribution in [3.05, 3.63) is 0 Å². The topological polar surface area (TPSA) is 86.2 Å². The lowest BCUT2D eigenvalue weighted by atomic mass is 10.2. The van der Waals surface area contributed by atoms with E-state index >= 15 is 0 Å². The maximum absolute atomic E-state index is 10.1. The van der Waals surface area contributed by atoms with Gasteiger partial charge in [-0.15, -0.1) is 0 Å². The van der Waals surface area contributed by atoms with Crippen molar-refractivity contribution < 1.29 is 9.59 Å². The third-order valence-corrected chi connectivity index (χ3v) is 0.853. The first-order chi connectivity index (χ1) is 4.16. The molecule has 0 saturated carbocycles. The molecule has 0 rings (SSSR count). The van der Waals surface area contributed by atoms with Crippen molar-refractivity contribution >= 4 is 12.2 Å². The Bertz CT molecular complexity index is 114. The smallest absolute Gasteiger partial charge is 0.217 e. The number of carbonyl (C=O) groups is 1. The van der Waals surface area contributed by atoms with Crippen LogP contribution in [0, 0.1) is 0 Å². The van der Waals surface area contributed by atoms with Crippen molar-refractivity contribution in [1.29, 1.82) is 0 Å². The van der Waals surface area contributed by atoms with Crippen molar-refractivity contribution in [2.24, 2.45) is 11.5 Å². The van der Waals surface area contributed by atoms with Crippen LogP contribution in [0.15, 0.2) is 0 Å². The number of hydrogen-bond donors (Lipinski definition) is 2. The van der Waals surface area contributed by atoms with Gasteiger partial charge in [-0.25, -0.2) is 0 Å². The Kier molecular flexibility index (Phi) is 3.62. The van der Waals surface area contributed by atoms with Crippen molar-refractivity contribution in [2.45, 2.75) is 18.9 Å².